The van der Waals surface area contributed by atoms with E-state index in [0.29, 0.717) is 16.4 Å². The van der Waals surface area contributed by atoms with Gasteiger partial charge >= 0.3 is 6.09 Å². The molecule has 2 heterocycles. The van der Waals surface area contributed by atoms with Crippen LogP contribution in [0.1, 0.15) is 0 Å². The fourth-order valence-corrected chi connectivity index (χ4v) is 3.54. The van der Waals surface area contributed by atoms with Crippen LogP contribution in [0.3, 0.4) is 0 Å². The van der Waals surface area contributed by atoms with E-state index in [1.165, 1.54) is 28.9 Å². The normalized spacial score (nSPS) is 11.4. The molecule has 1 N–H and O–H groups in total. The van der Waals surface area contributed by atoms with Gasteiger partial charge in [-0.3, -0.25) is 5.32 Å². The van der Waals surface area contributed by atoms with Crippen molar-refractivity contribution >= 4 is 38.9 Å². The van der Waals surface area contributed by atoms with Gasteiger partial charge in [0.15, 0.2) is 21.2 Å². The lowest BCUT2D eigenvalue weighted by Gasteiger charge is -2.07. The monoisotopic (exact) mass is 442 g/mol. The van der Waals surface area contributed by atoms with Gasteiger partial charge in [-0.25, -0.2) is 22.7 Å². The molecule has 0 radical (unpaired) electrons. The smallest absolute Gasteiger partial charge is 0.404 e. The van der Waals surface area contributed by atoms with E-state index in [2.05, 4.69) is 15.4 Å². The summed E-state index contributed by atoms with van der Waals surface area (Å²) in [6.45, 7) is 0. The predicted octanol–water partition coefficient (Wildman–Crippen LogP) is 4.06. The molecule has 8 nitrogen and oxygen atoms in total. The van der Waals surface area contributed by atoms with E-state index < -0.39 is 15.9 Å². The molecule has 0 unspecified atom stereocenters. The summed E-state index contributed by atoms with van der Waals surface area (Å²) in [4.78, 5) is 16.9. The first-order valence-electron chi connectivity index (χ1n) is 8.69. The molecule has 0 fully saturated rings. The molecule has 0 atom stereocenters. The fourth-order valence-electron chi connectivity index (χ4n) is 2.75. The molecule has 1 amide bonds. The second kappa shape index (κ2) is 7.77. The van der Waals surface area contributed by atoms with Gasteiger partial charge in [-0.05, 0) is 36.4 Å². The number of benzene rings is 2. The van der Waals surface area contributed by atoms with Crippen molar-refractivity contribution < 1.29 is 17.9 Å². The van der Waals surface area contributed by atoms with Crippen molar-refractivity contribution in [2.45, 2.75) is 4.90 Å². The maximum absolute atomic E-state index is 12.3. The maximum Gasteiger partial charge on any atom is 0.417 e. The third-order valence-electron chi connectivity index (χ3n) is 4.19. The summed E-state index contributed by atoms with van der Waals surface area (Å²) in [5.74, 6) is 0.155. The number of hydrogen-bond donors (Lipinski definition) is 1. The molecule has 0 aliphatic carbocycles. The zero-order chi connectivity index (χ0) is 21.3. The molecule has 0 bridgehead atoms. The molecule has 0 spiro atoms. The molecule has 2 aromatic heterocycles. The summed E-state index contributed by atoms with van der Waals surface area (Å²) >= 11 is 5.93. The average Bonchev–Trinajstić information content (AvgIpc) is 3.10. The standard InChI is InChI=1S/C20H15ClN4O4S/c1-30(27,28)16-4-2-3-15(11-16)23-20(26)29-18-12-22-25-10-9-17(24-19(18)25)13-5-7-14(21)8-6-13/h2-12H,1H3,(H,23,26). The molecule has 10 heteroatoms. The van der Waals surface area contributed by atoms with Crippen LogP contribution in [0.25, 0.3) is 16.9 Å². The molecule has 4 rings (SSSR count). The summed E-state index contributed by atoms with van der Waals surface area (Å²) in [5, 5.41) is 7.24. The Morgan fingerprint density at radius 3 is 2.63 bits per heavy atom. The maximum atomic E-state index is 12.3. The minimum Gasteiger partial charge on any atom is -0.404 e. The third kappa shape index (κ3) is 4.27. The topological polar surface area (TPSA) is 103 Å². The van der Waals surface area contributed by atoms with Gasteiger partial charge < -0.3 is 4.74 Å². The molecular weight excluding hydrogens is 428 g/mol. The molecule has 4 aromatic rings. The first-order chi connectivity index (χ1) is 14.3. The second-order valence-corrected chi connectivity index (χ2v) is 8.86. The first-order valence-corrected chi connectivity index (χ1v) is 11.0. The van der Waals surface area contributed by atoms with Crippen molar-refractivity contribution in [3.8, 4) is 17.0 Å². The number of rotatable bonds is 4. The number of hydrogen-bond acceptors (Lipinski definition) is 6. The Kier molecular flexibility index (Phi) is 5.15. The van der Waals surface area contributed by atoms with E-state index in [0.717, 1.165) is 11.8 Å². The zero-order valence-electron chi connectivity index (χ0n) is 15.6. The highest BCUT2D eigenvalue weighted by molar-refractivity contribution is 7.90. The Bertz CT molecular complexity index is 1350. The van der Waals surface area contributed by atoms with E-state index >= 15 is 0 Å². The summed E-state index contributed by atoms with van der Waals surface area (Å²) in [7, 11) is -3.40. The molecule has 0 aliphatic rings. The van der Waals surface area contributed by atoms with Crippen LogP contribution >= 0.6 is 11.6 Å². The van der Waals surface area contributed by atoms with Crippen LogP contribution < -0.4 is 10.1 Å². The summed E-state index contributed by atoms with van der Waals surface area (Å²) < 4.78 is 30.2. The Hall–Kier alpha value is -3.43. The van der Waals surface area contributed by atoms with E-state index in [1.54, 1.807) is 30.5 Å². The third-order valence-corrected chi connectivity index (χ3v) is 5.55. The van der Waals surface area contributed by atoms with Gasteiger partial charge in [-0.1, -0.05) is 29.8 Å². The first kappa shape index (κ1) is 19.9. The summed E-state index contributed by atoms with van der Waals surface area (Å²) in [6, 6.07) is 14.8. The lowest BCUT2D eigenvalue weighted by atomic mass is 10.1. The molecule has 152 valence electrons. The number of fused-ring (bicyclic) bond motifs is 1. The van der Waals surface area contributed by atoms with Crippen LogP contribution in [0.4, 0.5) is 10.5 Å². The lowest BCUT2D eigenvalue weighted by Crippen LogP contribution is -2.17. The fraction of sp³-hybridized carbons (Fsp3) is 0.0500. The number of nitrogens with one attached hydrogen (secondary N) is 1. The van der Waals surface area contributed by atoms with Gasteiger partial charge in [0.25, 0.3) is 0 Å². The predicted molar refractivity (Wildman–Crippen MR) is 113 cm³/mol. The SMILES string of the molecule is CS(=O)(=O)c1cccc(NC(=O)Oc2cnn3ccc(-c4ccc(Cl)cc4)nc23)c1. The van der Waals surface area contributed by atoms with Gasteiger partial charge in [-0.2, -0.15) is 5.10 Å². The number of ether oxygens (including phenoxy) is 1. The van der Waals surface area contributed by atoms with Gasteiger partial charge in [0.05, 0.1) is 16.8 Å². The van der Waals surface area contributed by atoms with Crippen LogP contribution in [-0.2, 0) is 9.84 Å². The van der Waals surface area contributed by atoms with Crippen molar-refractivity contribution in [2.24, 2.45) is 0 Å². The summed E-state index contributed by atoms with van der Waals surface area (Å²) in [5.41, 5.74) is 2.14. The largest absolute Gasteiger partial charge is 0.417 e. The minimum absolute atomic E-state index is 0.0885. The number of amides is 1. The Morgan fingerprint density at radius 1 is 1.13 bits per heavy atom. The van der Waals surface area contributed by atoms with Gasteiger partial charge in [0, 0.05) is 28.7 Å². The van der Waals surface area contributed by atoms with Crippen molar-refractivity contribution in [2.75, 3.05) is 11.6 Å². The van der Waals surface area contributed by atoms with Crippen LogP contribution in [0, 0.1) is 0 Å². The number of nitrogens with zero attached hydrogens (tertiary/aromatic N) is 3. The van der Waals surface area contributed by atoms with Gasteiger partial charge in [-0.15, -0.1) is 0 Å². The highest BCUT2D eigenvalue weighted by Gasteiger charge is 2.14. The minimum atomic E-state index is -3.40. The van der Waals surface area contributed by atoms with E-state index in [9.17, 15) is 13.2 Å². The summed E-state index contributed by atoms with van der Waals surface area (Å²) in [6.07, 6.45) is 3.37. The Labute approximate surface area is 177 Å². The second-order valence-electron chi connectivity index (χ2n) is 6.41. The number of sulfone groups is 1. The number of carbonyl (C=O) groups excluding carboxylic acids is 1. The molecule has 30 heavy (non-hydrogen) atoms. The zero-order valence-corrected chi connectivity index (χ0v) is 17.2. The van der Waals surface area contributed by atoms with Crippen molar-refractivity contribution in [1.29, 1.82) is 0 Å². The molecule has 0 saturated heterocycles. The number of carbonyl (C=O) groups is 1. The molecule has 0 aliphatic heterocycles. The Morgan fingerprint density at radius 2 is 1.90 bits per heavy atom. The Balaban J connectivity index is 1.57. The number of halogens is 1. The molecule has 0 saturated carbocycles. The van der Waals surface area contributed by atoms with Crippen molar-refractivity contribution in [1.82, 2.24) is 14.6 Å². The number of anilines is 1. The van der Waals surface area contributed by atoms with Crippen LogP contribution in [0.5, 0.6) is 5.75 Å². The molecular formula is C20H15ClN4O4S. The van der Waals surface area contributed by atoms with E-state index in [-0.39, 0.29) is 16.3 Å². The van der Waals surface area contributed by atoms with Crippen molar-refractivity contribution in [3.63, 3.8) is 0 Å². The lowest BCUT2D eigenvalue weighted by molar-refractivity contribution is 0.215. The van der Waals surface area contributed by atoms with E-state index in [1.807, 2.05) is 12.1 Å². The van der Waals surface area contributed by atoms with Crippen LogP contribution in [-0.4, -0.2) is 35.4 Å². The van der Waals surface area contributed by atoms with Crippen LogP contribution in [0.15, 0.2) is 71.9 Å². The van der Waals surface area contributed by atoms with Gasteiger partial charge in [0.2, 0.25) is 0 Å². The highest BCUT2D eigenvalue weighted by Crippen LogP contribution is 2.24. The quantitative estimate of drug-likeness (QED) is 0.511. The highest BCUT2D eigenvalue weighted by atomic mass is 35.5. The van der Waals surface area contributed by atoms with Crippen LogP contribution in [0.2, 0.25) is 5.02 Å². The number of aromatic nitrogens is 3. The molecule has 2 aromatic carbocycles. The average molecular weight is 443 g/mol. The van der Waals surface area contributed by atoms with Gasteiger partial charge in [0.1, 0.15) is 0 Å². The van der Waals surface area contributed by atoms with Crippen molar-refractivity contribution in [3.05, 3.63) is 72.0 Å². The van der Waals surface area contributed by atoms with E-state index in [4.69, 9.17) is 16.3 Å².